The van der Waals surface area contributed by atoms with E-state index in [1.165, 1.54) is 0 Å². The molecule has 1 aromatic heterocycles. The second-order valence-electron chi connectivity index (χ2n) is 4.34. The van der Waals surface area contributed by atoms with Crippen molar-refractivity contribution in [2.45, 2.75) is 13.1 Å². The molecule has 0 radical (unpaired) electrons. The average molecular weight is 244 g/mol. The van der Waals surface area contributed by atoms with Crippen molar-refractivity contribution in [1.82, 2.24) is 20.1 Å². The van der Waals surface area contributed by atoms with Crippen molar-refractivity contribution >= 4 is 0 Å². The maximum atomic E-state index is 5.39. The summed E-state index contributed by atoms with van der Waals surface area (Å²) in [7, 11) is 0. The van der Waals surface area contributed by atoms with Gasteiger partial charge in [-0.1, -0.05) is 0 Å². The summed E-state index contributed by atoms with van der Waals surface area (Å²) in [5.41, 5.74) is 1.01. The lowest BCUT2D eigenvalue weighted by Gasteiger charge is -2.16. The first-order valence-corrected chi connectivity index (χ1v) is 5.94. The summed E-state index contributed by atoms with van der Waals surface area (Å²) in [5, 5.41) is 11.8. The van der Waals surface area contributed by atoms with Gasteiger partial charge < -0.3 is 19.4 Å². The number of benzene rings is 1. The van der Waals surface area contributed by atoms with E-state index in [2.05, 4.69) is 20.1 Å². The molecular formula is C12H12N4O2. The first kappa shape index (κ1) is 9.90. The highest BCUT2D eigenvalue weighted by Crippen LogP contribution is 2.35. The molecule has 18 heavy (non-hydrogen) atoms. The maximum Gasteiger partial charge on any atom is 0.231 e. The summed E-state index contributed by atoms with van der Waals surface area (Å²) >= 11 is 0. The number of nitrogens with zero attached hydrogens (tertiary/aromatic N) is 3. The molecule has 0 saturated carbocycles. The Bertz CT molecular complexity index is 608. The predicted molar refractivity (Wildman–Crippen MR) is 63.3 cm³/mol. The van der Waals surface area contributed by atoms with E-state index in [1.807, 2.05) is 18.2 Å². The van der Waals surface area contributed by atoms with E-state index >= 15 is 0 Å². The lowest BCUT2D eigenvalue weighted by atomic mass is 10.2. The van der Waals surface area contributed by atoms with E-state index < -0.39 is 0 Å². The average Bonchev–Trinajstić information content (AvgIpc) is 3.04. The number of rotatable bonds is 1. The van der Waals surface area contributed by atoms with Crippen molar-refractivity contribution in [1.29, 1.82) is 0 Å². The summed E-state index contributed by atoms with van der Waals surface area (Å²) < 4.78 is 12.8. The third-order valence-corrected chi connectivity index (χ3v) is 3.25. The van der Waals surface area contributed by atoms with Gasteiger partial charge in [0.15, 0.2) is 17.3 Å². The largest absolute Gasteiger partial charge is 0.454 e. The smallest absolute Gasteiger partial charge is 0.231 e. The van der Waals surface area contributed by atoms with Crippen LogP contribution in [0.3, 0.4) is 0 Å². The standard InChI is InChI=1S/C12H12N4O2/c1-2-9-10(18-7-17-9)5-8(1)12-15-14-11-6-13-3-4-16(11)12/h1-2,5,13H,3-4,6-7H2. The number of fused-ring (bicyclic) bond motifs is 2. The molecule has 0 amide bonds. The molecule has 1 N–H and O–H groups in total. The molecule has 2 aromatic rings. The fourth-order valence-corrected chi connectivity index (χ4v) is 2.34. The van der Waals surface area contributed by atoms with Gasteiger partial charge in [-0.3, -0.25) is 0 Å². The zero-order valence-electron chi connectivity index (χ0n) is 9.72. The van der Waals surface area contributed by atoms with E-state index in [0.717, 1.165) is 48.3 Å². The zero-order valence-corrected chi connectivity index (χ0v) is 9.72. The van der Waals surface area contributed by atoms with Gasteiger partial charge in [0, 0.05) is 18.7 Å². The maximum absolute atomic E-state index is 5.39. The van der Waals surface area contributed by atoms with Crippen LogP contribution in [0, 0.1) is 0 Å². The molecule has 6 nitrogen and oxygen atoms in total. The Morgan fingerprint density at radius 2 is 2.11 bits per heavy atom. The Hall–Kier alpha value is -2.08. The van der Waals surface area contributed by atoms with Gasteiger partial charge in [0.1, 0.15) is 5.82 Å². The third-order valence-electron chi connectivity index (χ3n) is 3.25. The third kappa shape index (κ3) is 1.39. The van der Waals surface area contributed by atoms with Crippen LogP contribution in [0.4, 0.5) is 0 Å². The number of ether oxygens (including phenoxy) is 2. The molecule has 4 rings (SSSR count). The minimum absolute atomic E-state index is 0.292. The number of nitrogens with one attached hydrogen (secondary N) is 1. The number of hydrogen-bond donors (Lipinski definition) is 1. The normalized spacial score (nSPS) is 16.7. The number of aromatic nitrogens is 3. The van der Waals surface area contributed by atoms with E-state index in [1.54, 1.807) is 0 Å². The predicted octanol–water partition coefficient (Wildman–Crippen LogP) is 0.777. The van der Waals surface area contributed by atoms with Gasteiger partial charge in [0.2, 0.25) is 6.79 Å². The molecule has 0 bridgehead atoms. The summed E-state index contributed by atoms with van der Waals surface area (Å²) in [5.74, 6) is 3.44. The monoisotopic (exact) mass is 244 g/mol. The highest BCUT2D eigenvalue weighted by atomic mass is 16.7. The van der Waals surface area contributed by atoms with Gasteiger partial charge in [0.25, 0.3) is 0 Å². The topological polar surface area (TPSA) is 61.2 Å². The first-order valence-electron chi connectivity index (χ1n) is 5.94. The fraction of sp³-hybridized carbons (Fsp3) is 0.333. The molecule has 6 heteroatoms. The van der Waals surface area contributed by atoms with Crippen molar-refractivity contribution in [3.63, 3.8) is 0 Å². The van der Waals surface area contributed by atoms with Crippen LogP contribution in [0.2, 0.25) is 0 Å². The van der Waals surface area contributed by atoms with Gasteiger partial charge in [-0.05, 0) is 18.2 Å². The first-order chi connectivity index (χ1) is 8.92. The molecule has 1 aromatic carbocycles. The van der Waals surface area contributed by atoms with Crippen LogP contribution in [0.1, 0.15) is 5.82 Å². The Labute approximate surface area is 104 Å². The fourth-order valence-electron chi connectivity index (χ4n) is 2.34. The Morgan fingerprint density at radius 1 is 1.17 bits per heavy atom. The molecule has 2 aliphatic rings. The highest BCUT2D eigenvalue weighted by molar-refractivity contribution is 5.62. The minimum atomic E-state index is 0.292. The highest BCUT2D eigenvalue weighted by Gasteiger charge is 2.19. The lowest BCUT2D eigenvalue weighted by Crippen LogP contribution is -2.28. The van der Waals surface area contributed by atoms with E-state index in [0.29, 0.717) is 6.79 Å². The second kappa shape index (κ2) is 3.71. The van der Waals surface area contributed by atoms with Crippen molar-refractivity contribution in [2.75, 3.05) is 13.3 Å². The summed E-state index contributed by atoms with van der Waals surface area (Å²) in [6.07, 6.45) is 0. The second-order valence-corrected chi connectivity index (χ2v) is 4.34. The molecule has 92 valence electrons. The lowest BCUT2D eigenvalue weighted by molar-refractivity contribution is 0.174. The molecule has 3 heterocycles. The zero-order chi connectivity index (χ0) is 11.9. The molecule has 0 spiro atoms. The van der Waals surface area contributed by atoms with Crippen molar-refractivity contribution in [3.05, 3.63) is 24.0 Å². The van der Waals surface area contributed by atoms with Crippen LogP contribution in [-0.2, 0) is 13.1 Å². The molecule has 0 fully saturated rings. The van der Waals surface area contributed by atoms with Crippen LogP contribution in [0.15, 0.2) is 18.2 Å². The van der Waals surface area contributed by atoms with Gasteiger partial charge in [0.05, 0.1) is 6.54 Å². The molecule has 2 aliphatic heterocycles. The van der Waals surface area contributed by atoms with Crippen molar-refractivity contribution in [2.24, 2.45) is 0 Å². The number of hydrogen-bond acceptors (Lipinski definition) is 5. The van der Waals surface area contributed by atoms with Gasteiger partial charge in [-0.2, -0.15) is 0 Å². The van der Waals surface area contributed by atoms with Gasteiger partial charge in [-0.25, -0.2) is 0 Å². The van der Waals surface area contributed by atoms with E-state index in [9.17, 15) is 0 Å². The Balaban J connectivity index is 1.81. The Kier molecular flexibility index (Phi) is 2.04. The van der Waals surface area contributed by atoms with E-state index in [4.69, 9.17) is 9.47 Å². The molecule has 0 aliphatic carbocycles. The Morgan fingerprint density at radius 3 is 3.11 bits per heavy atom. The summed E-state index contributed by atoms with van der Waals surface area (Å²) in [6, 6.07) is 5.87. The SMILES string of the molecule is c1cc2c(cc1-c1nnc3n1CCNC3)OCO2. The van der Waals surface area contributed by atoms with Crippen LogP contribution < -0.4 is 14.8 Å². The van der Waals surface area contributed by atoms with Gasteiger partial charge >= 0.3 is 0 Å². The molecule has 0 unspecified atom stereocenters. The minimum Gasteiger partial charge on any atom is -0.454 e. The van der Waals surface area contributed by atoms with E-state index in [-0.39, 0.29) is 0 Å². The molecule has 0 atom stereocenters. The molecular weight excluding hydrogens is 232 g/mol. The van der Waals surface area contributed by atoms with Crippen LogP contribution in [0.25, 0.3) is 11.4 Å². The van der Waals surface area contributed by atoms with Crippen molar-refractivity contribution in [3.8, 4) is 22.9 Å². The van der Waals surface area contributed by atoms with Crippen LogP contribution in [-0.4, -0.2) is 28.1 Å². The molecule has 0 saturated heterocycles. The van der Waals surface area contributed by atoms with Crippen LogP contribution in [0.5, 0.6) is 11.5 Å². The van der Waals surface area contributed by atoms with Crippen LogP contribution >= 0.6 is 0 Å². The quantitative estimate of drug-likeness (QED) is 0.803. The van der Waals surface area contributed by atoms with Gasteiger partial charge in [-0.15, -0.1) is 10.2 Å². The van der Waals surface area contributed by atoms with Crippen molar-refractivity contribution < 1.29 is 9.47 Å². The summed E-state index contributed by atoms with van der Waals surface area (Å²) in [6.45, 7) is 2.91. The summed E-state index contributed by atoms with van der Waals surface area (Å²) in [4.78, 5) is 0.